The minimum absolute atomic E-state index is 0.126. The van der Waals surface area contributed by atoms with Crippen LogP contribution in [-0.4, -0.2) is 49.2 Å². The number of urea groups is 1. The number of nitrogens with zero attached hydrogens (tertiary/aromatic N) is 1. The maximum Gasteiger partial charge on any atom is 0.317 e. The summed E-state index contributed by atoms with van der Waals surface area (Å²) in [7, 11) is 0. The van der Waals surface area contributed by atoms with E-state index < -0.39 is 12.0 Å². The first kappa shape index (κ1) is 16.7. The highest BCUT2D eigenvalue weighted by atomic mass is 19.1. The molecule has 7 heteroatoms. The molecule has 0 spiro atoms. The molecule has 1 aromatic rings. The van der Waals surface area contributed by atoms with Crippen molar-refractivity contribution in [2.24, 2.45) is 5.73 Å². The van der Waals surface area contributed by atoms with Crippen molar-refractivity contribution < 1.29 is 18.7 Å². The number of benzene rings is 1. The number of morpholine rings is 1. The van der Waals surface area contributed by atoms with Gasteiger partial charge in [-0.15, -0.1) is 0 Å². The quantitative estimate of drug-likeness (QED) is 0.865. The van der Waals surface area contributed by atoms with E-state index in [1.165, 1.54) is 12.1 Å². The Labute approximate surface area is 140 Å². The number of primary amides is 1. The van der Waals surface area contributed by atoms with Crippen molar-refractivity contribution in [3.63, 3.8) is 0 Å². The highest BCUT2D eigenvalue weighted by Gasteiger charge is 2.39. The number of ether oxygens (including phenoxy) is 1. The van der Waals surface area contributed by atoms with Gasteiger partial charge in [0.15, 0.2) is 6.10 Å². The number of nitrogens with two attached hydrogens (primary N) is 1. The van der Waals surface area contributed by atoms with Crippen molar-refractivity contribution in [3.8, 4) is 0 Å². The molecule has 0 radical (unpaired) electrons. The summed E-state index contributed by atoms with van der Waals surface area (Å²) in [4.78, 5) is 25.2. The fourth-order valence-corrected chi connectivity index (χ4v) is 3.34. The Bertz CT molecular complexity index is 616. The molecule has 3 amide bonds. The largest absolute Gasteiger partial charge is 0.367 e. The van der Waals surface area contributed by atoms with Gasteiger partial charge in [0.2, 0.25) is 5.91 Å². The van der Waals surface area contributed by atoms with Gasteiger partial charge in [0.05, 0.1) is 13.2 Å². The molecular weight excluding hydrogens is 313 g/mol. The van der Waals surface area contributed by atoms with Crippen molar-refractivity contribution in [1.29, 1.82) is 0 Å². The average Bonchev–Trinajstić information content (AvgIpc) is 2.55. The number of nitrogens with one attached hydrogen (secondary N) is 1. The fraction of sp³-hybridized carbons (Fsp3) is 0.529. The number of hydrogen-bond donors (Lipinski definition) is 2. The number of carbonyl (C=O) groups excluding carboxylic acids is 2. The van der Waals surface area contributed by atoms with Gasteiger partial charge in [0.1, 0.15) is 5.82 Å². The summed E-state index contributed by atoms with van der Waals surface area (Å²) < 4.78 is 18.4. The second-order valence-electron chi connectivity index (χ2n) is 6.51. The lowest BCUT2D eigenvalue weighted by atomic mass is 9.64. The maximum atomic E-state index is 13.1. The molecule has 1 heterocycles. The monoisotopic (exact) mass is 335 g/mol. The molecule has 1 aliphatic heterocycles. The van der Waals surface area contributed by atoms with Gasteiger partial charge in [-0.25, -0.2) is 9.18 Å². The Morgan fingerprint density at radius 2 is 2.04 bits per heavy atom. The zero-order chi connectivity index (χ0) is 17.2. The normalized spacial score (nSPS) is 22.5. The van der Waals surface area contributed by atoms with Crippen molar-refractivity contribution in [3.05, 3.63) is 35.6 Å². The Morgan fingerprint density at radius 3 is 2.62 bits per heavy atom. The third kappa shape index (κ3) is 3.36. The van der Waals surface area contributed by atoms with Crippen LogP contribution in [0.3, 0.4) is 0 Å². The van der Waals surface area contributed by atoms with Crippen LogP contribution >= 0.6 is 0 Å². The first-order chi connectivity index (χ1) is 11.5. The third-order valence-electron chi connectivity index (χ3n) is 5.02. The molecule has 24 heavy (non-hydrogen) atoms. The van der Waals surface area contributed by atoms with Gasteiger partial charge in [-0.3, -0.25) is 4.79 Å². The molecule has 1 saturated heterocycles. The minimum atomic E-state index is -0.751. The number of hydrogen-bond acceptors (Lipinski definition) is 3. The smallest absolute Gasteiger partial charge is 0.317 e. The van der Waals surface area contributed by atoms with E-state index in [1.807, 2.05) is 0 Å². The molecular formula is C17H22FN3O3. The van der Waals surface area contributed by atoms with E-state index in [2.05, 4.69) is 5.32 Å². The zero-order valence-corrected chi connectivity index (χ0v) is 13.5. The molecule has 2 fully saturated rings. The van der Waals surface area contributed by atoms with E-state index in [0.717, 1.165) is 24.8 Å². The van der Waals surface area contributed by atoms with Gasteiger partial charge in [0, 0.05) is 18.5 Å². The molecule has 1 aliphatic carbocycles. The summed E-state index contributed by atoms with van der Waals surface area (Å²) >= 11 is 0. The van der Waals surface area contributed by atoms with Gasteiger partial charge < -0.3 is 20.7 Å². The summed E-state index contributed by atoms with van der Waals surface area (Å²) in [6, 6.07) is 6.27. The van der Waals surface area contributed by atoms with Gasteiger partial charge in [-0.05, 0) is 30.5 Å². The molecule has 1 atom stereocenters. The molecule has 3 rings (SSSR count). The van der Waals surface area contributed by atoms with Gasteiger partial charge >= 0.3 is 6.03 Å². The maximum absolute atomic E-state index is 13.1. The van der Waals surface area contributed by atoms with E-state index >= 15 is 0 Å². The Morgan fingerprint density at radius 1 is 1.33 bits per heavy atom. The number of halogens is 1. The summed E-state index contributed by atoms with van der Waals surface area (Å²) in [6.45, 7) is 1.39. The minimum Gasteiger partial charge on any atom is -0.367 e. The number of carbonyl (C=O) groups is 2. The lowest BCUT2D eigenvalue weighted by Crippen LogP contribution is -2.55. The fourth-order valence-electron chi connectivity index (χ4n) is 3.34. The van der Waals surface area contributed by atoms with Gasteiger partial charge in [-0.1, -0.05) is 18.6 Å². The lowest BCUT2D eigenvalue weighted by Gasteiger charge is -2.43. The lowest BCUT2D eigenvalue weighted by molar-refractivity contribution is -0.133. The Balaban J connectivity index is 1.60. The van der Waals surface area contributed by atoms with Crippen LogP contribution < -0.4 is 11.1 Å². The predicted octanol–water partition coefficient (Wildman–Crippen LogP) is 1.14. The number of rotatable bonds is 4. The van der Waals surface area contributed by atoms with Gasteiger partial charge in [0.25, 0.3) is 0 Å². The van der Waals surface area contributed by atoms with Crippen LogP contribution in [-0.2, 0) is 14.9 Å². The van der Waals surface area contributed by atoms with E-state index in [-0.39, 0.29) is 23.8 Å². The van der Waals surface area contributed by atoms with E-state index in [9.17, 15) is 14.0 Å². The highest BCUT2D eigenvalue weighted by Crippen LogP contribution is 2.43. The molecule has 1 aromatic carbocycles. The first-order valence-corrected chi connectivity index (χ1v) is 8.20. The number of amides is 3. The summed E-state index contributed by atoms with van der Waals surface area (Å²) in [5, 5.41) is 2.95. The molecule has 0 aromatic heterocycles. The molecule has 6 nitrogen and oxygen atoms in total. The van der Waals surface area contributed by atoms with E-state index in [1.54, 1.807) is 17.0 Å². The summed E-state index contributed by atoms with van der Waals surface area (Å²) in [5.41, 5.74) is 6.16. The van der Waals surface area contributed by atoms with E-state index in [4.69, 9.17) is 10.5 Å². The van der Waals surface area contributed by atoms with Crippen molar-refractivity contribution in [2.75, 3.05) is 26.2 Å². The van der Waals surface area contributed by atoms with Crippen LogP contribution in [0.4, 0.5) is 9.18 Å². The van der Waals surface area contributed by atoms with Crippen LogP contribution in [0.1, 0.15) is 24.8 Å². The summed E-state index contributed by atoms with van der Waals surface area (Å²) in [5.74, 6) is -0.822. The average molecular weight is 335 g/mol. The first-order valence-electron chi connectivity index (χ1n) is 8.20. The molecule has 0 bridgehead atoms. The van der Waals surface area contributed by atoms with Crippen molar-refractivity contribution in [1.82, 2.24) is 10.2 Å². The highest BCUT2D eigenvalue weighted by molar-refractivity contribution is 5.81. The van der Waals surface area contributed by atoms with Crippen LogP contribution in [0.5, 0.6) is 0 Å². The molecule has 1 saturated carbocycles. The third-order valence-corrected chi connectivity index (χ3v) is 5.02. The van der Waals surface area contributed by atoms with Crippen LogP contribution in [0.25, 0.3) is 0 Å². The van der Waals surface area contributed by atoms with E-state index in [0.29, 0.717) is 19.7 Å². The standard InChI is InChI=1S/C17H22FN3O3/c18-13-4-2-12(3-5-13)17(6-1-7-17)11-20-16(23)21-8-9-24-14(10-21)15(19)22/h2-5,14H,1,6-11H2,(H2,19,22)(H,20,23)/t14-/m1/s1. The Hall–Kier alpha value is -2.15. The summed E-state index contributed by atoms with van der Waals surface area (Å²) in [6.07, 6.45) is 2.27. The van der Waals surface area contributed by atoms with Crippen LogP contribution in [0.15, 0.2) is 24.3 Å². The SMILES string of the molecule is NC(=O)[C@H]1CN(C(=O)NCC2(c3ccc(F)cc3)CCC2)CCO1. The molecule has 130 valence electrons. The van der Waals surface area contributed by atoms with Gasteiger partial charge in [-0.2, -0.15) is 0 Å². The molecule has 3 N–H and O–H groups in total. The van der Waals surface area contributed by atoms with Crippen molar-refractivity contribution in [2.45, 2.75) is 30.8 Å². The van der Waals surface area contributed by atoms with Crippen molar-refractivity contribution >= 4 is 11.9 Å². The molecule has 2 aliphatic rings. The van der Waals surface area contributed by atoms with Crippen LogP contribution in [0.2, 0.25) is 0 Å². The molecule has 0 unspecified atom stereocenters. The zero-order valence-electron chi connectivity index (χ0n) is 13.5. The topological polar surface area (TPSA) is 84.7 Å². The second kappa shape index (κ2) is 6.76. The second-order valence-corrected chi connectivity index (χ2v) is 6.51. The van der Waals surface area contributed by atoms with Crippen LogP contribution in [0, 0.1) is 5.82 Å². The predicted molar refractivity (Wildman–Crippen MR) is 85.8 cm³/mol. The Kier molecular flexibility index (Phi) is 4.71.